The Bertz CT molecular complexity index is 1820. The van der Waals surface area contributed by atoms with Crippen LogP contribution in [-0.2, 0) is 0 Å². The molecule has 10 nitrogen and oxygen atoms in total. The Balaban J connectivity index is 1.10. The number of aromatic nitrogens is 5. The molecule has 234 valence electrons. The maximum atomic E-state index is 14.3. The van der Waals surface area contributed by atoms with E-state index in [0.717, 1.165) is 55.6 Å². The topological polar surface area (TPSA) is 115 Å². The fourth-order valence-corrected chi connectivity index (χ4v) is 8.33. The lowest BCUT2D eigenvalue weighted by Crippen LogP contribution is -2.46. The number of nitrogens with one attached hydrogen (secondary N) is 1. The Morgan fingerprint density at radius 1 is 0.889 bits per heavy atom. The van der Waals surface area contributed by atoms with Gasteiger partial charge in [0.2, 0.25) is 0 Å². The second kappa shape index (κ2) is 12.7. The third-order valence-corrected chi connectivity index (χ3v) is 10.5. The molecule has 0 radical (unpaired) electrons. The van der Waals surface area contributed by atoms with Crippen LogP contribution in [0.5, 0.6) is 0 Å². The quantitative estimate of drug-likeness (QED) is 0.323. The standard InChI is InChI=1S/C33H36FN7O3S/c34-21-19-26-30(37-20-21)40(24-12-17-45-18-13-24)33(44)41(32(26)43)23-10-8-22(9-11-23)38-31(42)25-5-3-15-36-29(25)39-16-4-7-28(39)27-6-1-2-14-35-27/h1-3,5-6,14-15,19-20,22-24,28H,4,7-13,16-18H2,(H,38,42)/t22-,23+,28?. The van der Waals surface area contributed by atoms with Crippen molar-refractivity contribution in [2.75, 3.05) is 23.0 Å². The summed E-state index contributed by atoms with van der Waals surface area (Å²) in [5.41, 5.74) is 0.884. The van der Waals surface area contributed by atoms with Crippen LogP contribution in [0.3, 0.4) is 0 Å². The summed E-state index contributed by atoms with van der Waals surface area (Å²) in [4.78, 5) is 56.8. The first kappa shape index (κ1) is 29.6. The minimum atomic E-state index is -0.600. The number of hydrogen-bond acceptors (Lipinski definition) is 8. The smallest absolute Gasteiger partial charge is 0.333 e. The average Bonchev–Trinajstić information content (AvgIpc) is 3.57. The second-order valence-electron chi connectivity index (χ2n) is 12.2. The minimum absolute atomic E-state index is 0.0587. The van der Waals surface area contributed by atoms with Crippen LogP contribution in [-0.4, -0.2) is 54.1 Å². The zero-order chi connectivity index (χ0) is 30.9. The first-order chi connectivity index (χ1) is 22.0. The largest absolute Gasteiger partial charge is 0.349 e. The molecule has 1 unspecified atom stereocenters. The van der Waals surface area contributed by atoms with E-state index in [9.17, 15) is 18.8 Å². The lowest BCUT2D eigenvalue weighted by molar-refractivity contribution is 0.0922. The van der Waals surface area contributed by atoms with Crippen LogP contribution in [0.4, 0.5) is 10.2 Å². The van der Waals surface area contributed by atoms with Gasteiger partial charge in [-0.25, -0.2) is 19.2 Å². The summed E-state index contributed by atoms with van der Waals surface area (Å²) in [5.74, 6) is 1.71. The Labute approximate surface area is 264 Å². The molecule has 1 N–H and O–H groups in total. The number of carbonyl (C=O) groups excluding carboxylic acids is 1. The van der Waals surface area contributed by atoms with Gasteiger partial charge in [0.05, 0.1) is 28.9 Å². The SMILES string of the molecule is O=C(N[C@H]1CC[C@@H](n2c(=O)c3cc(F)cnc3n(C3CCSCC3)c2=O)CC1)c1cccnc1N1CCCC1c1ccccn1. The molecule has 0 aromatic carbocycles. The first-order valence-electron chi connectivity index (χ1n) is 15.8. The number of fused-ring (bicyclic) bond motifs is 1. The van der Waals surface area contributed by atoms with Crippen molar-refractivity contribution < 1.29 is 9.18 Å². The number of thioether (sulfide) groups is 1. The third-order valence-electron chi connectivity index (χ3n) is 9.46. The molecule has 6 heterocycles. The molecule has 3 aliphatic rings. The van der Waals surface area contributed by atoms with E-state index in [1.807, 2.05) is 36.0 Å². The van der Waals surface area contributed by atoms with Crippen molar-refractivity contribution >= 4 is 34.5 Å². The van der Waals surface area contributed by atoms with Crippen LogP contribution < -0.4 is 21.5 Å². The second-order valence-corrected chi connectivity index (χ2v) is 13.4. The summed E-state index contributed by atoms with van der Waals surface area (Å²) in [6.45, 7) is 0.792. The summed E-state index contributed by atoms with van der Waals surface area (Å²) in [6, 6.07) is 10.2. The number of carbonyl (C=O) groups is 1. The van der Waals surface area contributed by atoms with E-state index in [1.54, 1.807) is 23.0 Å². The van der Waals surface area contributed by atoms with Crippen LogP contribution in [0.2, 0.25) is 0 Å². The molecule has 4 aromatic rings. The van der Waals surface area contributed by atoms with Gasteiger partial charge in [0, 0.05) is 37.1 Å². The van der Waals surface area contributed by atoms with Crippen molar-refractivity contribution in [2.24, 2.45) is 0 Å². The predicted molar refractivity (Wildman–Crippen MR) is 172 cm³/mol. The molecule has 1 aliphatic carbocycles. The molecule has 0 spiro atoms. The number of nitrogens with zero attached hydrogens (tertiary/aromatic N) is 6. The summed E-state index contributed by atoms with van der Waals surface area (Å²) in [7, 11) is 0. The maximum Gasteiger partial charge on any atom is 0.333 e. The van der Waals surface area contributed by atoms with Crippen molar-refractivity contribution in [1.82, 2.24) is 29.4 Å². The highest BCUT2D eigenvalue weighted by atomic mass is 32.2. The predicted octanol–water partition coefficient (Wildman–Crippen LogP) is 4.81. The molecule has 1 saturated carbocycles. The maximum absolute atomic E-state index is 14.3. The molecule has 1 amide bonds. The van der Waals surface area contributed by atoms with Gasteiger partial charge >= 0.3 is 5.69 Å². The van der Waals surface area contributed by atoms with Crippen molar-refractivity contribution in [3.63, 3.8) is 0 Å². The van der Waals surface area contributed by atoms with Gasteiger partial charge < -0.3 is 10.2 Å². The fraction of sp³-hybridized carbons (Fsp3) is 0.455. The van der Waals surface area contributed by atoms with Gasteiger partial charge in [-0.3, -0.25) is 23.7 Å². The number of rotatable bonds is 6. The third kappa shape index (κ3) is 5.76. The van der Waals surface area contributed by atoms with Gasteiger partial charge in [-0.05, 0) is 93.2 Å². The van der Waals surface area contributed by atoms with Gasteiger partial charge in [-0.2, -0.15) is 11.8 Å². The highest BCUT2D eigenvalue weighted by Crippen LogP contribution is 2.36. The molecule has 2 aliphatic heterocycles. The lowest BCUT2D eigenvalue weighted by Gasteiger charge is -2.32. The van der Waals surface area contributed by atoms with E-state index in [4.69, 9.17) is 0 Å². The van der Waals surface area contributed by atoms with Crippen molar-refractivity contribution in [3.05, 3.63) is 92.9 Å². The number of anilines is 1. The van der Waals surface area contributed by atoms with E-state index >= 15 is 0 Å². The molecular weight excluding hydrogens is 593 g/mol. The van der Waals surface area contributed by atoms with Crippen molar-refractivity contribution in [1.29, 1.82) is 0 Å². The van der Waals surface area contributed by atoms with Crippen molar-refractivity contribution in [3.8, 4) is 0 Å². The molecule has 4 aromatic heterocycles. The van der Waals surface area contributed by atoms with E-state index in [1.165, 1.54) is 10.6 Å². The Kier molecular flexibility index (Phi) is 8.39. The summed E-state index contributed by atoms with van der Waals surface area (Å²) in [6.07, 6.45) is 10.4. The normalized spacial score (nSPS) is 22.5. The van der Waals surface area contributed by atoms with E-state index < -0.39 is 11.4 Å². The Morgan fingerprint density at radius 3 is 2.44 bits per heavy atom. The van der Waals surface area contributed by atoms with E-state index in [2.05, 4.69) is 25.2 Å². The summed E-state index contributed by atoms with van der Waals surface area (Å²) < 4.78 is 17.2. The minimum Gasteiger partial charge on any atom is -0.349 e. The molecule has 7 rings (SSSR count). The Morgan fingerprint density at radius 2 is 1.67 bits per heavy atom. The van der Waals surface area contributed by atoms with E-state index in [0.29, 0.717) is 37.1 Å². The number of amides is 1. The highest BCUT2D eigenvalue weighted by molar-refractivity contribution is 7.99. The van der Waals surface area contributed by atoms with Gasteiger partial charge in [-0.1, -0.05) is 6.07 Å². The van der Waals surface area contributed by atoms with Gasteiger partial charge in [0.1, 0.15) is 17.3 Å². The number of pyridine rings is 3. The highest BCUT2D eigenvalue weighted by Gasteiger charge is 2.33. The van der Waals surface area contributed by atoms with Gasteiger partial charge in [-0.15, -0.1) is 0 Å². The van der Waals surface area contributed by atoms with E-state index in [-0.39, 0.29) is 46.8 Å². The van der Waals surface area contributed by atoms with Crippen LogP contribution in [0.25, 0.3) is 11.0 Å². The molecule has 12 heteroatoms. The van der Waals surface area contributed by atoms with Gasteiger partial charge in [0.25, 0.3) is 11.5 Å². The fourth-order valence-electron chi connectivity index (χ4n) is 7.24. The van der Waals surface area contributed by atoms with Crippen LogP contribution >= 0.6 is 11.8 Å². The lowest BCUT2D eigenvalue weighted by atomic mass is 9.90. The Hall–Kier alpha value is -4.06. The monoisotopic (exact) mass is 629 g/mol. The molecule has 1 atom stereocenters. The average molecular weight is 630 g/mol. The number of hydrogen-bond donors (Lipinski definition) is 1. The zero-order valence-corrected chi connectivity index (χ0v) is 25.8. The summed E-state index contributed by atoms with van der Waals surface area (Å²) in [5, 5.41) is 3.34. The van der Waals surface area contributed by atoms with Crippen LogP contribution in [0.15, 0.2) is 64.6 Å². The van der Waals surface area contributed by atoms with Gasteiger partial charge in [0.15, 0.2) is 0 Å². The summed E-state index contributed by atoms with van der Waals surface area (Å²) >= 11 is 1.84. The first-order valence-corrected chi connectivity index (χ1v) is 17.0. The number of halogens is 1. The zero-order valence-electron chi connectivity index (χ0n) is 25.0. The molecular formula is C33H36FN7O3S. The molecule has 0 bridgehead atoms. The van der Waals surface area contributed by atoms with Crippen LogP contribution in [0, 0.1) is 5.82 Å². The van der Waals surface area contributed by atoms with Crippen molar-refractivity contribution in [2.45, 2.75) is 75.5 Å². The van der Waals surface area contributed by atoms with Crippen LogP contribution in [0.1, 0.15) is 85.5 Å². The molecule has 3 fully saturated rings. The molecule has 45 heavy (non-hydrogen) atoms. The molecule has 2 saturated heterocycles.